The van der Waals surface area contributed by atoms with Gasteiger partial charge in [0, 0.05) is 18.2 Å². The molecule has 1 aliphatic rings. The van der Waals surface area contributed by atoms with Gasteiger partial charge in [-0.25, -0.2) is 0 Å². The van der Waals surface area contributed by atoms with Crippen molar-refractivity contribution >= 4 is 17.5 Å². The molecule has 25 heavy (non-hydrogen) atoms. The quantitative estimate of drug-likeness (QED) is 0.848. The van der Waals surface area contributed by atoms with Gasteiger partial charge < -0.3 is 10.2 Å². The summed E-state index contributed by atoms with van der Waals surface area (Å²) in [5.74, 6) is -0.846. The minimum Gasteiger partial charge on any atom is -0.353 e. The van der Waals surface area contributed by atoms with E-state index in [9.17, 15) is 9.59 Å². The molecular formula is C21H24N2O2. The Hall–Kier alpha value is -2.62. The van der Waals surface area contributed by atoms with Crippen LogP contribution in [0.1, 0.15) is 26.7 Å². The largest absolute Gasteiger partial charge is 0.353 e. The zero-order valence-electron chi connectivity index (χ0n) is 14.7. The summed E-state index contributed by atoms with van der Waals surface area (Å²) in [6, 6.07) is 18.0. The molecule has 2 atom stereocenters. The summed E-state index contributed by atoms with van der Waals surface area (Å²) in [6.07, 6.45) is 1.41. The van der Waals surface area contributed by atoms with Gasteiger partial charge >= 0.3 is 0 Å². The van der Waals surface area contributed by atoms with E-state index in [0.717, 1.165) is 23.2 Å². The summed E-state index contributed by atoms with van der Waals surface area (Å²) >= 11 is 0. The lowest BCUT2D eigenvalue weighted by atomic mass is 10.0. The number of nitrogens with one attached hydrogen (secondary N) is 1. The van der Waals surface area contributed by atoms with E-state index in [1.165, 1.54) is 0 Å². The van der Waals surface area contributed by atoms with Crippen molar-refractivity contribution in [2.45, 2.75) is 32.7 Å². The van der Waals surface area contributed by atoms with Gasteiger partial charge in [0.1, 0.15) is 5.92 Å². The normalized spacial score (nSPS) is 18.2. The second kappa shape index (κ2) is 7.51. The van der Waals surface area contributed by atoms with E-state index in [1.54, 1.807) is 4.90 Å². The SMILES string of the molecule is CCC(C)NC(=O)C1CCN(c2ccccc2-c2ccccc2)C1=O. The summed E-state index contributed by atoms with van der Waals surface area (Å²) in [5, 5.41) is 2.93. The topological polar surface area (TPSA) is 49.4 Å². The molecule has 2 aromatic rings. The van der Waals surface area contributed by atoms with Crippen molar-refractivity contribution in [1.29, 1.82) is 0 Å². The van der Waals surface area contributed by atoms with E-state index < -0.39 is 5.92 Å². The van der Waals surface area contributed by atoms with Crippen LogP contribution in [0.5, 0.6) is 0 Å². The van der Waals surface area contributed by atoms with Crippen LogP contribution in [0, 0.1) is 5.92 Å². The molecule has 1 N–H and O–H groups in total. The van der Waals surface area contributed by atoms with Crippen LogP contribution in [0.3, 0.4) is 0 Å². The molecule has 4 nitrogen and oxygen atoms in total. The number of carbonyl (C=O) groups excluding carboxylic acids is 2. The molecule has 1 saturated heterocycles. The van der Waals surface area contributed by atoms with Crippen LogP contribution in [0.2, 0.25) is 0 Å². The van der Waals surface area contributed by atoms with Crippen LogP contribution in [0.4, 0.5) is 5.69 Å². The second-order valence-electron chi connectivity index (χ2n) is 6.53. The van der Waals surface area contributed by atoms with Crippen molar-refractivity contribution in [2.75, 3.05) is 11.4 Å². The molecule has 1 heterocycles. The molecule has 2 unspecified atom stereocenters. The highest BCUT2D eigenvalue weighted by Crippen LogP contribution is 2.34. The highest BCUT2D eigenvalue weighted by Gasteiger charge is 2.38. The zero-order chi connectivity index (χ0) is 17.8. The van der Waals surface area contributed by atoms with Crippen LogP contribution in [-0.4, -0.2) is 24.4 Å². The Morgan fingerprint density at radius 2 is 1.84 bits per heavy atom. The van der Waals surface area contributed by atoms with Crippen molar-refractivity contribution in [2.24, 2.45) is 5.92 Å². The first-order valence-electron chi connectivity index (χ1n) is 8.88. The van der Waals surface area contributed by atoms with Crippen LogP contribution >= 0.6 is 0 Å². The van der Waals surface area contributed by atoms with Gasteiger partial charge in [-0.15, -0.1) is 0 Å². The second-order valence-corrected chi connectivity index (χ2v) is 6.53. The number of anilines is 1. The fraction of sp³-hybridized carbons (Fsp3) is 0.333. The van der Waals surface area contributed by atoms with Gasteiger partial charge in [0.05, 0.1) is 5.69 Å². The first kappa shape index (κ1) is 17.2. The van der Waals surface area contributed by atoms with Crippen LogP contribution in [0.25, 0.3) is 11.1 Å². The maximum Gasteiger partial charge on any atom is 0.239 e. The van der Waals surface area contributed by atoms with Crippen molar-refractivity contribution in [3.05, 3.63) is 54.6 Å². The Bertz CT molecular complexity index is 758. The molecule has 3 rings (SSSR count). The molecule has 2 aromatic carbocycles. The Labute approximate surface area is 148 Å². The summed E-state index contributed by atoms with van der Waals surface area (Å²) in [6.45, 7) is 4.55. The molecule has 0 aliphatic carbocycles. The molecule has 0 spiro atoms. The number of nitrogens with zero attached hydrogens (tertiary/aromatic N) is 1. The Morgan fingerprint density at radius 1 is 1.16 bits per heavy atom. The van der Waals surface area contributed by atoms with Crippen molar-refractivity contribution in [3.63, 3.8) is 0 Å². The molecule has 0 radical (unpaired) electrons. The van der Waals surface area contributed by atoms with Gasteiger partial charge in [0.15, 0.2) is 0 Å². The van der Waals surface area contributed by atoms with E-state index in [1.807, 2.05) is 68.4 Å². The van der Waals surface area contributed by atoms with Gasteiger partial charge in [-0.2, -0.15) is 0 Å². The predicted octanol–water partition coefficient (Wildman–Crippen LogP) is 3.62. The third-order valence-electron chi connectivity index (χ3n) is 4.80. The molecule has 0 bridgehead atoms. The third-order valence-corrected chi connectivity index (χ3v) is 4.80. The lowest BCUT2D eigenvalue weighted by molar-refractivity contribution is -0.132. The summed E-state index contributed by atoms with van der Waals surface area (Å²) in [4.78, 5) is 27.0. The molecule has 0 saturated carbocycles. The maximum absolute atomic E-state index is 12.9. The molecule has 1 fully saturated rings. The fourth-order valence-corrected chi connectivity index (χ4v) is 3.18. The highest BCUT2D eigenvalue weighted by molar-refractivity contribution is 6.11. The van der Waals surface area contributed by atoms with Gasteiger partial charge in [-0.3, -0.25) is 9.59 Å². The smallest absolute Gasteiger partial charge is 0.239 e. The van der Waals surface area contributed by atoms with Crippen molar-refractivity contribution in [3.8, 4) is 11.1 Å². The number of carbonyl (C=O) groups is 2. The number of para-hydroxylation sites is 1. The van der Waals surface area contributed by atoms with Crippen molar-refractivity contribution in [1.82, 2.24) is 5.32 Å². The van der Waals surface area contributed by atoms with E-state index in [0.29, 0.717) is 13.0 Å². The molecule has 4 heteroatoms. The van der Waals surface area contributed by atoms with Crippen LogP contribution in [-0.2, 0) is 9.59 Å². The summed E-state index contributed by atoms with van der Waals surface area (Å²) in [7, 11) is 0. The lowest BCUT2D eigenvalue weighted by Crippen LogP contribution is -2.40. The van der Waals surface area contributed by atoms with Crippen LogP contribution in [0.15, 0.2) is 54.6 Å². The Morgan fingerprint density at radius 3 is 2.56 bits per heavy atom. The first-order valence-corrected chi connectivity index (χ1v) is 8.88. The Kier molecular flexibility index (Phi) is 5.17. The average Bonchev–Trinajstić information content (AvgIpc) is 3.03. The van der Waals surface area contributed by atoms with E-state index in [4.69, 9.17) is 0 Å². The van der Waals surface area contributed by atoms with Crippen molar-refractivity contribution < 1.29 is 9.59 Å². The minimum absolute atomic E-state index is 0.0888. The first-order chi connectivity index (χ1) is 12.1. The zero-order valence-corrected chi connectivity index (χ0v) is 14.7. The third kappa shape index (κ3) is 3.58. The predicted molar refractivity (Wildman–Crippen MR) is 100 cm³/mol. The number of hydrogen-bond acceptors (Lipinski definition) is 2. The number of benzene rings is 2. The maximum atomic E-state index is 12.9. The van der Waals surface area contributed by atoms with Gasteiger partial charge in [-0.1, -0.05) is 55.5 Å². The van der Waals surface area contributed by atoms with E-state index in [-0.39, 0.29) is 17.9 Å². The standard InChI is InChI=1S/C21H24N2O2/c1-3-15(2)22-20(24)18-13-14-23(21(18)25)19-12-8-7-11-17(19)16-9-5-4-6-10-16/h4-12,15,18H,3,13-14H2,1-2H3,(H,22,24). The van der Waals surface area contributed by atoms with Gasteiger partial charge in [-0.05, 0) is 31.4 Å². The van der Waals surface area contributed by atoms with Gasteiger partial charge in [0.2, 0.25) is 11.8 Å². The lowest BCUT2D eigenvalue weighted by Gasteiger charge is -2.21. The molecular weight excluding hydrogens is 312 g/mol. The summed E-state index contributed by atoms with van der Waals surface area (Å²) in [5.41, 5.74) is 2.95. The molecule has 2 amide bonds. The number of amides is 2. The molecule has 1 aliphatic heterocycles. The average molecular weight is 336 g/mol. The van der Waals surface area contributed by atoms with Crippen LogP contribution < -0.4 is 10.2 Å². The fourth-order valence-electron chi connectivity index (χ4n) is 3.18. The monoisotopic (exact) mass is 336 g/mol. The molecule has 0 aromatic heterocycles. The molecule has 130 valence electrons. The van der Waals surface area contributed by atoms with E-state index in [2.05, 4.69) is 5.32 Å². The number of hydrogen-bond donors (Lipinski definition) is 1. The summed E-state index contributed by atoms with van der Waals surface area (Å²) < 4.78 is 0. The number of rotatable bonds is 5. The highest BCUT2D eigenvalue weighted by atomic mass is 16.2. The minimum atomic E-state index is -0.585. The van der Waals surface area contributed by atoms with Gasteiger partial charge in [0.25, 0.3) is 0 Å². The van der Waals surface area contributed by atoms with E-state index >= 15 is 0 Å². The Balaban J connectivity index is 1.85.